The van der Waals surface area contributed by atoms with Gasteiger partial charge >= 0.3 is 5.97 Å². The zero-order valence-corrected chi connectivity index (χ0v) is 18.5. The minimum Gasteiger partial charge on any atom is -0.461 e. The Morgan fingerprint density at radius 1 is 1.06 bits per heavy atom. The minimum atomic E-state index is -3.35. The van der Waals surface area contributed by atoms with E-state index in [0.29, 0.717) is 33.7 Å². The van der Waals surface area contributed by atoms with E-state index in [-0.39, 0.29) is 23.0 Å². The maximum Gasteiger partial charge on any atom is 0.357 e. The first kappa shape index (κ1) is 21.6. The Labute approximate surface area is 184 Å². The van der Waals surface area contributed by atoms with E-state index in [2.05, 4.69) is 10.1 Å². The Hall–Kier alpha value is -3.59. The molecule has 0 amide bonds. The molecule has 0 aliphatic rings. The molecule has 0 aliphatic heterocycles. The lowest BCUT2D eigenvalue weighted by molar-refractivity contribution is 0.0519. The highest BCUT2D eigenvalue weighted by molar-refractivity contribution is 7.90. The lowest BCUT2D eigenvalue weighted by atomic mass is 10.0. The van der Waals surface area contributed by atoms with Gasteiger partial charge in [0.15, 0.2) is 21.2 Å². The predicted octanol–water partition coefficient (Wildman–Crippen LogP) is 4.09. The molecule has 0 bridgehead atoms. The number of ether oxygens (including phenoxy) is 1. The maximum absolute atomic E-state index is 13.6. The molecule has 0 spiro atoms. The number of carbonyl (C=O) groups excluding carboxylic acids is 1. The monoisotopic (exact) mass is 453 g/mol. The Morgan fingerprint density at radius 2 is 1.69 bits per heavy atom. The molecule has 4 aromatic rings. The molecule has 9 heteroatoms. The molecule has 0 saturated carbocycles. The summed E-state index contributed by atoms with van der Waals surface area (Å²) in [4.78, 5) is 17.0. The average molecular weight is 453 g/mol. The van der Waals surface area contributed by atoms with E-state index >= 15 is 0 Å². The minimum absolute atomic E-state index is 0.138. The lowest BCUT2D eigenvalue weighted by Crippen LogP contribution is -2.10. The van der Waals surface area contributed by atoms with Crippen molar-refractivity contribution in [2.75, 3.05) is 12.9 Å². The first-order chi connectivity index (χ1) is 15.2. The summed E-state index contributed by atoms with van der Waals surface area (Å²) in [6.07, 6.45) is 1.14. The number of rotatable bonds is 5. The summed E-state index contributed by atoms with van der Waals surface area (Å²) in [5.74, 6) is -0.941. The summed E-state index contributed by atoms with van der Waals surface area (Å²) < 4.78 is 43.9. The molecule has 0 atom stereocenters. The number of esters is 1. The third-order valence-electron chi connectivity index (χ3n) is 4.94. The number of carbonyl (C=O) groups is 1. The lowest BCUT2D eigenvalue weighted by Gasteiger charge is -2.06. The standard InChI is InChI=1S/C23H20FN3O4S/c1-4-31-23(28)19-13-14(2)27-22(25-19)20(15-5-9-17(24)10-6-15)21(26-27)16-7-11-18(12-8-16)32(3,29)30/h5-13H,4H2,1-3H3. The average Bonchev–Trinajstić information content (AvgIpc) is 3.14. The van der Waals surface area contributed by atoms with Gasteiger partial charge in [0.25, 0.3) is 0 Å². The van der Waals surface area contributed by atoms with Gasteiger partial charge in [0.1, 0.15) is 11.5 Å². The second-order valence-electron chi connectivity index (χ2n) is 7.27. The first-order valence-electron chi connectivity index (χ1n) is 9.83. The van der Waals surface area contributed by atoms with Crippen molar-refractivity contribution in [2.24, 2.45) is 0 Å². The van der Waals surface area contributed by atoms with Crippen molar-refractivity contribution < 1.29 is 22.3 Å². The predicted molar refractivity (Wildman–Crippen MR) is 118 cm³/mol. The molecule has 0 N–H and O–H groups in total. The van der Waals surface area contributed by atoms with Crippen LogP contribution in [0, 0.1) is 12.7 Å². The highest BCUT2D eigenvalue weighted by Gasteiger charge is 2.22. The van der Waals surface area contributed by atoms with Crippen molar-refractivity contribution in [1.82, 2.24) is 14.6 Å². The third-order valence-corrected chi connectivity index (χ3v) is 6.07. The molecule has 164 valence electrons. The number of hydrogen-bond donors (Lipinski definition) is 0. The van der Waals surface area contributed by atoms with Gasteiger partial charge in [-0.2, -0.15) is 5.10 Å². The zero-order chi connectivity index (χ0) is 23.0. The van der Waals surface area contributed by atoms with E-state index in [1.807, 2.05) is 0 Å². The van der Waals surface area contributed by atoms with Gasteiger partial charge in [0, 0.05) is 17.5 Å². The number of nitrogens with zero attached hydrogens (tertiary/aromatic N) is 3. The van der Waals surface area contributed by atoms with Crippen LogP contribution >= 0.6 is 0 Å². The van der Waals surface area contributed by atoms with Gasteiger partial charge in [0.05, 0.1) is 17.1 Å². The fourth-order valence-electron chi connectivity index (χ4n) is 3.42. The van der Waals surface area contributed by atoms with Crippen LogP contribution < -0.4 is 0 Å². The topological polar surface area (TPSA) is 90.6 Å². The molecule has 2 heterocycles. The molecule has 4 rings (SSSR count). The van der Waals surface area contributed by atoms with Gasteiger partial charge in [0.2, 0.25) is 0 Å². The van der Waals surface area contributed by atoms with Crippen LogP contribution in [-0.2, 0) is 14.6 Å². The van der Waals surface area contributed by atoms with Crippen LogP contribution in [0.5, 0.6) is 0 Å². The molecule has 2 aromatic heterocycles. The molecule has 32 heavy (non-hydrogen) atoms. The zero-order valence-electron chi connectivity index (χ0n) is 17.7. The van der Waals surface area contributed by atoms with E-state index in [9.17, 15) is 17.6 Å². The molecule has 0 radical (unpaired) electrons. The molecular weight excluding hydrogens is 433 g/mol. The van der Waals surface area contributed by atoms with E-state index in [1.165, 1.54) is 24.3 Å². The molecule has 0 saturated heterocycles. The highest BCUT2D eigenvalue weighted by atomic mass is 32.2. The van der Waals surface area contributed by atoms with E-state index in [0.717, 1.165) is 6.26 Å². The molecular formula is C23H20FN3O4S. The van der Waals surface area contributed by atoms with Crippen LogP contribution in [0.15, 0.2) is 59.5 Å². The van der Waals surface area contributed by atoms with E-state index in [4.69, 9.17) is 4.74 Å². The maximum atomic E-state index is 13.6. The van der Waals surface area contributed by atoms with Crippen LogP contribution in [0.1, 0.15) is 23.1 Å². The Balaban J connectivity index is 1.99. The Bertz CT molecular complexity index is 1430. The number of fused-ring (bicyclic) bond motifs is 1. The number of halogens is 1. The van der Waals surface area contributed by atoms with Gasteiger partial charge in [-0.3, -0.25) is 0 Å². The van der Waals surface area contributed by atoms with Crippen LogP contribution in [0.4, 0.5) is 4.39 Å². The summed E-state index contributed by atoms with van der Waals surface area (Å²) in [5.41, 5.74) is 3.61. The summed E-state index contributed by atoms with van der Waals surface area (Å²) in [6.45, 7) is 3.71. The van der Waals surface area contributed by atoms with Crippen molar-refractivity contribution in [1.29, 1.82) is 0 Å². The van der Waals surface area contributed by atoms with Crippen LogP contribution in [0.25, 0.3) is 28.0 Å². The van der Waals surface area contributed by atoms with Crippen molar-refractivity contribution in [2.45, 2.75) is 18.7 Å². The largest absolute Gasteiger partial charge is 0.461 e. The second kappa shape index (κ2) is 8.16. The molecule has 0 unspecified atom stereocenters. The fourth-order valence-corrected chi connectivity index (χ4v) is 4.05. The fraction of sp³-hybridized carbons (Fsp3) is 0.174. The molecule has 2 aromatic carbocycles. The Morgan fingerprint density at radius 3 is 2.28 bits per heavy atom. The smallest absolute Gasteiger partial charge is 0.357 e. The van der Waals surface area contributed by atoms with E-state index in [1.54, 1.807) is 48.7 Å². The number of sulfone groups is 1. The van der Waals surface area contributed by atoms with Crippen LogP contribution in [0.2, 0.25) is 0 Å². The summed E-state index contributed by atoms with van der Waals surface area (Å²) in [6, 6.07) is 13.8. The second-order valence-corrected chi connectivity index (χ2v) is 9.28. The SMILES string of the molecule is CCOC(=O)c1cc(C)n2nc(-c3ccc(S(C)(=O)=O)cc3)c(-c3ccc(F)cc3)c2n1. The van der Waals surface area contributed by atoms with E-state index < -0.39 is 15.8 Å². The molecule has 7 nitrogen and oxygen atoms in total. The van der Waals surface area contributed by atoms with Crippen molar-refractivity contribution in [3.05, 3.63) is 71.8 Å². The van der Waals surface area contributed by atoms with Gasteiger partial charge < -0.3 is 4.74 Å². The normalized spacial score (nSPS) is 11.6. The van der Waals surface area contributed by atoms with Crippen molar-refractivity contribution >= 4 is 21.5 Å². The first-order valence-corrected chi connectivity index (χ1v) is 11.7. The Kier molecular flexibility index (Phi) is 5.52. The highest BCUT2D eigenvalue weighted by Crippen LogP contribution is 2.35. The summed E-state index contributed by atoms with van der Waals surface area (Å²) in [5, 5.41) is 4.68. The number of hydrogen-bond acceptors (Lipinski definition) is 6. The van der Waals surface area contributed by atoms with Crippen LogP contribution in [0.3, 0.4) is 0 Å². The molecule has 0 aliphatic carbocycles. The number of benzene rings is 2. The third kappa shape index (κ3) is 3.99. The molecule has 0 fully saturated rings. The van der Waals surface area contributed by atoms with Gasteiger partial charge in [-0.05, 0) is 49.7 Å². The quantitative estimate of drug-likeness (QED) is 0.423. The van der Waals surface area contributed by atoms with Gasteiger partial charge in [-0.1, -0.05) is 24.3 Å². The summed E-state index contributed by atoms with van der Waals surface area (Å²) >= 11 is 0. The van der Waals surface area contributed by atoms with Gasteiger partial charge in [-0.15, -0.1) is 0 Å². The summed E-state index contributed by atoms with van der Waals surface area (Å²) in [7, 11) is -3.35. The number of aryl methyl sites for hydroxylation is 1. The van der Waals surface area contributed by atoms with Gasteiger partial charge in [-0.25, -0.2) is 27.1 Å². The van der Waals surface area contributed by atoms with Crippen molar-refractivity contribution in [3.8, 4) is 22.4 Å². The van der Waals surface area contributed by atoms with Crippen molar-refractivity contribution in [3.63, 3.8) is 0 Å². The van der Waals surface area contributed by atoms with Crippen LogP contribution in [-0.4, -0.2) is 41.8 Å². The number of aromatic nitrogens is 3.